The second-order valence-electron chi connectivity index (χ2n) is 7.97. The van der Waals surface area contributed by atoms with Crippen molar-refractivity contribution in [2.45, 2.75) is 65.1 Å². The first-order valence-electron chi connectivity index (χ1n) is 8.61. The zero-order valence-electron chi connectivity index (χ0n) is 15.3. The van der Waals surface area contributed by atoms with Crippen LogP contribution in [0.15, 0.2) is 6.07 Å². The Bertz CT molecular complexity index is 688. The molecule has 0 aromatic carbocycles. The number of ether oxygens (including phenoxy) is 1. The number of aryl methyl sites for hydroxylation is 1. The fourth-order valence-corrected chi connectivity index (χ4v) is 3.73. The summed E-state index contributed by atoms with van der Waals surface area (Å²) in [6.07, 6.45) is -2.20. The van der Waals surface area contributed by atoms with Gasteiger partial charge in [0.05, 0.1) is 6.04 Å². The second-order valence-corrected chi connectivity index (χ2v) is 7.97. The first-order valence-corrected chi connectivity index (χ1v) is 8.61. The molecule has 0 N–H and O–H groups in total. The molecule has 2 aliphatic rings. The largest absolute Gasteiger partial charge is 0.444 e. The third kappa shape index (κ3) is 3.41. The Hall–Kier alpha value is -1.92. The summed E-state index contributed by atoms with van der Waals surface area (Å²) in [5.74, 6) is 0.641. The summed E-state index contributed by atoms with van der Waals surface area (Å²) in [6, 6.07) is 1.85. The summed E-state index contributed by atoms with van der Waals surface area (Å²) < 4.78 is 31.9. The molecule has 0 unspecified atom stereocenters. The van der Waals surface area contributed by atoms with Crippen LogP contribution in [-0.2, 0) is 11.2 Å². The number of piperazine rings is 1. The van der Waals surface area contributed by atoms with Gasteiger partial charge in [-0.25, -0.2) is 18.6 Å². The van der Waals surface area contributed by atoms with Gasteiger partial charge in [-0.05, 0) is 52.2 Å². The predicted octanol–water partition coefficient (Wildman–Crippen LogP) is 3.70. The molecule has 0 bridgehead atoms. The first kappa shape index (κ1) is 17.9. The van der Waals surface area contributed by atoms with E-state index in [-0.39, 0.29) is 23.9 Å². The summed E-state index contributed by atoms with van der Waals surface area (Å²) in [4.78, 5) is 20.4. The Balaban J connectivity index is 1.83. The van der Waals surface area contributed by atoms with Crippen molar-refractivity contribution in [1.82, 2.24) is 9.88 Å². The third-order valence-corrected chi connectivity index (χ3v) is 4.65. The van der Waals surface area contributed by atoms with Crippen LogP contribution in [-0.4, -0.2) is 46.8 Å². The molecule has 5 nitrogen and oxygen atoms in total. The number of pyridine rings is 1. The number of nitrogens with zero attached hydrogens (tertiary/aromatic N) is 3. The topological polar surface area (TPSA) is 45.7 Å². The molecule has 2 atom stereocenters. The van der Waals surface area contributed by atoms with Crippen molar-refractivity contribution in [3.63, 3.8) is 0 Å². The van der Waals surface area contributed by atoms with Gasteiger partial charge in [0, 0.05) is 19.1 Å². The van der Waals surface area contributed by atoms with Crippen molar-refractivity contribution in [2.75, 3.05) is 18.0 Å². The maximum atomic E-state index is 13.2. The molecule has 0 spiro atoms. The quantitative estimate of drug-likeness (QED) is 0.772. The Labute approximate surface area is 147 Å². The number of carbonyl (C=O) groups is 1. The van der Waals surface area contributed by atoms with Gasteiger partial charge in [-0.3, -0.25) is 0 Å². The maximum absolute atomic E-state index is 13.2. The monoisotopic (exact) mass is 353 g/mol. The number of anilines is 1. The SMILES string of the molecule is Cc1cc2c(nc1C(F)F)N1[C@H](C2)CN(C(=O)OC(C)(C)C)C[C@H]1C. The van der Waals surface area contributed by atoms with Crippen molar-refractivity contribution < 1.29 is 18.3 Å². The van der Waals surface area contributed by atoms with Crippen LogP contribution < -0.4 is 4.90 Å². The van der Waals surface area contributed by atoms with Crippen LogP contribution >= 0.6 is 0 Å². The van der Waals surface area contributed by atoms with Crippen molar-refractivity contribution in [3.8, 4) is 0 Å². The van der Waals surface area contributed by atoms with Gasteiger partial charge in [-0.2, -0.15) is 0 Å². The van der Waals surface area contributed by atoms with Crippen molar-refractivity contribution in [2.24, 2.45) is 0 Å². The van der Waals surface area contributed by atoms with Gasteiger partial charge >= 0.3 is 6.09 Å². The molecule has 3 rings (SSSR count). The lowest BCUT2D eigenvalue weighted by molar-refractivity contribution is 0.0191. The minimum Gasteiger partial charge on any atom is -0.444 e. The smallest absolute Gasteiger partial charge is 0.410 e. The molecule has 1 saturated heterocycles. The number of hydrogen-bond donors (Lipinski definition) is 0. The normalized spacial score (nSPS) is 22.9. The number of hydrogen-bond acceptors (Lipinski definition) is 4. The molecule has 138 valence electrons. The number of alkyl halides is 2. The van der Waals surface area contributed by atoms with E-state index in [0.717, 1.165) is 5.56 Å². The summed E-state index contributed by atoms with van der Waals surface area (Å²) in [7, 11) is 0. The highest BCUT2D eigenvalue weighted by atomic mass is 19.3. The molecule has 0 saturated carbocycles. The Kier molecular flexibility index (Phi) is 4.37. The minimum atomic E-state index is -2.58. The lowest BCUT2D eigenvalue weighted by Gasteiger charge is -2.43. The average Bonchev–Trinajstić information content (AvgIpc) is 2.81. The third-order valence-electron chi connectivity index (χ3n) is 4.65. The van der Waals surface area contributed by atoms with Crippen molar-refractivity contribution in [1.29, 1.82) is 0 Å². The molecule has 0 aliphatic carbocycles. The predicted molar refractivity (Wildman–Crippen MR) is 91.2 cm³/mol. The molecule has 1 fully saturated rings. The van der Waals surface area contributed by atoms with Gasteiger partial charge < -0.3 is 14.5 Å². The van der Waals surface area contributed by atoms with E-state index >= 15 is 0 Å². The highest BCUT2D eigenvalue weighted by Crippen LogP contribution is 2.38. The van der Waals surface area contributed by atoms with Crippen LogP contribution in [0.5, 0.6) is 0 Å². The van der Waals surface area contributed by atoms with E-state index in [1.165, 1.54) is 0 Å². The second kappa shape index (κ2) is 6.11. The summed E-state index contributed by atoms with van der Waals surface area (Å²) in [6.45, 7) is 10.2. The van der Waals surface area contributed by atoms with Crippen LogP contribution in [0.25, 0.3) is 0 Å². The molecule has 1 amide bonds. The number of amides is 1. The van der Waals surface area contributed by atoms with E-state index < -0.39 is 12.0 Å². The van der Waals surface area contributed by atoms with E-state index in [2.05, 4.69) is 9.88 Å². The highest BCUT2D eigenvalue weighted by molar-refractivity contribution is 5.69. The van der Waals surface area contributed by atoms with Crippen molar-refractivity contribution in [3.05, 3.63) is 22.9 Å². The van der Waals surface area contributed by atoms with Crippen LogP contribution in [0.4, 0.5) is 19.4 Å². The van der Waals surface area contributed by atoms with Crippen molar-refractivity contribution >= 4 is 11.9 Å². The molecule has 1 aromatic heterocycles. The Morgan fingerprint density at radius 2 is 2.04 bits per heavy atom. The zero-order valence-corrected chi connectivity index (χ0v) is 15.3. The molecule has 3 heterocycles. The Morgan fingerprint density at radius 1 is 1.36 bits per heavy atom. The number of fused-ring (bicyclic) bond motifs is 3. The van der Waals surface area contributed by atoms with E-state index in [0.29, 0.717) is 30.9 Å². The molecule has 2 aliphatic heterocycles. The molecular formula is C18H25F2N3O2. The molecular weight excluding hydrogens is 328 g/mol. The van der Waals surface area contributed by atoms with Crippen LogP contribution in [0.3, 0.4) is 0 Å². The number of carbonyl (C=O) groups excluding carboxylic acids is 1. The van der Waals surface area contributed by atoms with Crippen LogP contribution in [0, 0.1) is 6.92 Å². The summed E-state index contributed by atoms with van der Waals surface area (Å²) >= 11 is 0. The average molecular weight is 353 g/mol. The summed E-state index contributed by atoms with van der Waals surface area (Å²) in [5, 5.41) is 0. The molecule has 1 aromatic rings. The van der Waals surface area contributed by atoms with E-state index in [1.54, 1.807) is 11.8 Å². The van der Waals surface area contributed by atoms with E-state index in [9.17, 15) is 13.6 Å². The van der Waals surface area contributed by atoms with Crippen LogP contribution in [0.2, 0.25) is 0 Å². The number of rotatable bonds is 1. The van der Waals surface area contributed by atoms with Gasteiger partial charge in [0.1, 0.15) is 17.1 Å². The maximum Gasteiger partial charge on any atom is 0.410 e. The molecule has 0 radical (unpaired) electrons. The lowest BCUT2D eigenvalue weighted by Crippen LogP contribution is -2.58. The van der Waals surface area contributed by atoms with Gasteiger partial charge in [0.2, 0.25) is 0 Å². The molecule has 7 heteroatoms. The van der Waals surface area contributed by atoms with Crippen LogP contribution in [0.1, 0.15) is 50.9 Å². The lowest BCUT2D eigenvalue weighted by atomic mass is 10.1. The molecule has 25 heavy (non-hydrogen) atoms. The fourth-order valence-electron chi connectivity index (χ4n) is 3.73. The minimum absolute atomic E-state index is 0.00625. The standard InChI is InChI=1S/C18H25F2N3O2/c1-10-6-12-7-13-9-22(17(24)25-18(3,4)5)8-11(2)23(13)16(12)21-14(10)15(19)20/h6,11,13,15H,7-9H2,1-5H3/t11-,13-/m1/s1. The Morgan fingerprint density at radius 3 is 2.64 bits per heavy atom. The highest BCUT2D eigenvalue weighted by Gasteiger charge is 2.42. The van der Waals surface area contributed by atoms with Gasteiger partial charge in [-0.15, -0.1) is 0 Å². The van der Waals surface area contributed by atoms with E-state index in [4.69, 9.17) is 4.74 Å². The fraction of sp³-hybridized carbons (Fsp3) is 0.667. The number of halogens is 2. The van der Waals surface area contributed by atoms with Gasteiger partial charge in [0.25, 0.3) is 6.43 Å². The van der Waals surface area contributed by atoms with E-state index in [1.807, 2.05) is 33.8 Å². The van der Waals surface area contributed by atoms with Gasteiger partial charge in [0.15, 0.2) is 0 Å². The van der Waals surface area contributed by atoms with Gasteiger partial charge in [-0.1, -0.05) is 6.07 Å². The summed E-state index contributed by atoms with van der Waals surface area (Å²) in [5.41, 5.74) is 0.803. The number of aromatic nitrogens is 1. The zero-order chi connectivity index (χ0) is 18.5. The first-order chi connectivity index (χ1) is 11.6.